The van der Waals surface area contributed by atoms with Gasteiger partial charge in [-0.25, -0.2) is 19.7 Å². The lowest BCUT2D eigenvalue weighted by molar-refractivity contribution is -0.137. The van der Waals surface area contributed by atoms with Crippen molar-refractivity contribution < 1.29 is 19.1 Å². The molecule has 3 N–H and O–H groups in total. The van der Waals surface area contributed by atoms with E-state index in [4.69, 9.17) is 14.4 Å². The zero-order chi connectivity index (χ0) is 36.5. The maximum absolute atomic E-state index is 13.9. The molecule has 0 saturated carbocycles. The molecule has 3 atom stereocenters. The summed E-state index contributed by atoms with van der Waals surface area (Å²) in [6, 6.07) is 27.3. The Hall–Kier alpha value is -6.01. The number of likely N-dealkylation sites (tertiary alicyclic amines) is 2. The number of H-pyrrole nitrogens is 2. The summed E-state index contributed by atoms with van der Waals surface area (Å²) in [4.78, 5) is 52.6. The van der Waals surface area contributed by atoms with Gasteiger partial charge in [0.1, 0.15) is 28.9 Å². The van der Waals surface area contributed by atoms with E-state index in [9.17, 15) is 14.7 Å². The number of rotatable bonds is 10. The summed E-state index contributed by atoms with van der Waals surface area (Å²) in [5.74, 6) is 2.37. The first-order valence-electron chi connectivity index (χ1n) is 18.1. The Balaban J connectivity index is 0.982. The van der Waals surface area contributed by atoms with Gasteiger partial charge in [0.05, 0.1) is 17.9 Å². The largest absolute Gasteiger partial charge is 0.465 e. The number of carbonyl (C=O) groups is 2. The minimum Gasteiger partial charge on any atom is -0.465 e. The number of likely N-dealkylation sites (N-methyl/N-ethyl adjacent to an activating group) is 1. The molecule has 2 amide bonds. The lowest BCUT2D eigenvalue weighted by Crippen LogP contribution is -2.46. The van der Waals surface area contributed by atoms with Gasteiger partial charge in [-0.1, -0.05) is 84.9 Å². The van der Waals surface area contributed by atoms with E-state index in [2.05, 4.69) is 15.0 Å². The van der Waals surface area contributed by atoms with Crippen LogP contribution in [0, 0.1) is 0 Å². The van der Waals surface area contributed by atoms with Crippen molar-refractivity contribution in [2.45, 2.75) is 49.7 Å². The van der Waals surface area contributed by atoms with Crippen LogP contribution in [-0.4, -0.2) is 83.9 Å². The summed E-state index contributed by atoms with van der Waals surface area (Å²) in [7, 11) is 3.88. The molecule has 0 spiro atoms. The summed E-state index contributed by atoms with van der Waals surface area (Å²) in [6.07, 6.45) is 8.03. The number of aromatic nitrogens is 5. The molecule has 0 unspecified atom stereocenters. The second-order valence-corrected chi connectivity index (χ2v) is 14.1. The Bertz CT molecular complexity index is 2190. The van der Waals surface area contributed by atoms with E-state index in [1.165, 1.54) is 4.90 Å². The van der Waals surface area contributed by atoms with Crippen LogP contribution >= 0.6 is 0 Å². The topological polar surface area (TPSA) is 147 Å². The number of hydrogen-bond donors (Lipinski definition) is 3. The summed E-state index contributed by atoms with van der Waals surface area (Å²) >= 11 is 0. The lowest BCUT2D eigenvalue weighted by atomic mass is 9.87. The molecule has 2 aliphatic rings. The van der Waals surface area contributed by atoms with E-state index in [0.717, 1.165) is 53.0 Å². The average molecular weight is 711 g/mol. The predicted octanol–water partition coefficient (Wildman–Crippen LogP) is 7.30. The number of imidazole rings is 2. The van der Waals surface area contributed by atoms with Crippen molar-refractivity contribution in [3.05, 3.63) is 126 Å². The zero-order valence-electron chi connectivity index (χ0n) is 29.8. The third-order valence-electron chi connectivity index (χ3n) is 10.6. The predicted molar refractivity (Wildman–Crippen MR) is 199 cm³/mol. The van der Waals surface area contributed by atoms with E-state index < -0.39 is 11.6 Å². The number of oxazole rings is 1. The lowest BCUT2D eigenvalue weighted by Gasteiger charge is -2.35. The van der Waals surface area contributed by atoms with Gasteiger partial charge in [-0.15, -0.1) is 0 Å². The van der Waals surface area contributed by atoms with Gasteiger partial charge < -0.3 is 24.4 Å². The standard InChI is InChI=1S/C41H42N8O4/c1-47(2)35(30-13-7-4-8-14-30)38(50)48-21-9-15-33(48)36-42-24-31(45-36)28-16-18-29(19-17-28)34-26-43-37(53-34)32-25-44-39(46-32)41(20-10-22-49(41)40(51)52)23-27-11-5-3-6-12-27/h3-8,11-14,16-19,24-26,33,35H,9-10,15,20-23H2,1-2H3,(H,42,45)(H,44,46)(H,51,52)/t33-,35+,41-/m0/s1. The molecule has 5 heterocycles. The molecule has 6 aromatic rings. The molecule has 2 saturated heterocycles. The summed E-state index contributed by atoms with van der Waals surface area (Å²) in [5, 5.41) is 10.1. The fraction of sp³-hybridized carbons (Fsp3) is 0.293. The molecule has 12 heteroatoms. The first-order chi connectivity index (χ1) is 25.8. The molecule has 270 valence electrons. The quantitative estimate of drug-likeness (QED) is 0.134. The molecular weight excluding hydrogens is 669 g/mol. The Morgan fingerprint density at radius 1 is 0.906 bits per heavy atom. The third kappa shape index (κ3) is 6.50. The fourth-order valence-corrected chi connectivity index (χ4v) is 8.03. The van der Waals surface area contributed by atoms with Gasteiger partial charge in [0.15, 0.2) is 5.76 Å². The molecule has 2 fully saturated rings. The number of benzene rings is 3. The first-order valence-corrected chi connectivity index (χ1v) is 18.1. The molecule has 12 nitrogen and oxygen atoms in total. The maximum Gasteiger partial charge on any atom is 0.408 e. The van der Waals surface area contributed by atoms with Crippen LogP contribution in [0.4, 0.5) is 4.79 Å². The zero-order valence-corrected chi connectivity index (χ0v) is 29.8. The molecule has 3 aromatic heterocycles. The summed E-state index contributed by atoms with van der Waals surface area (Å²) < 4.78 is 6.19. The van der Waals surface area contributed by atoms with Crippen LogP contribution in [0.25, 0.3) is 34.2 Å². The maximum atomic E-state index is 13.9. The van der Waals surface area contributed by atoms with E-state index >= 15 is 0 Å². The molecule has 2 aliphatic heterocycles. The molecular formula is C41H42N8O4. The Morgan fingerprint density at radius 3 is 2.36 bits per heavy atom. The van der Waals surface area contributed by atoms with Crippen LogP contribution in [0.5, 0.6) is 0 Å². The first kappa shape index (κ1) is 34.1. The van der Waals surface area contributed by atoms with Crippen LogP contribution < -0.4 is 0 Å². The summed E-state index contributed by atoms with van der Waals surface area (Å²) in [6.45, 7) is 1.14. The number of amides is 2. The molecule has 0 radical (unpaired) electrons. The average Bonchev–Trinajstić information content (AvgIpc) is 4.02. The Labute approximate surface area is 307 Å². The Morgan fingerprint density at radius 2 is 1.62 bits per heavy atom. The van der Waals surface area contributed by atoms with Gasteiger partial charge in [-0.05, 0) is 50.9 Å². The van der Waals surface area contributed by atoms with Crippen molar-refractivity contribution in [1.29, 1.82) is 0 Å². The van der Waals surface area contributed by atoms with Crippen LogP contribution in [0.2, 0.25) is 0 Å². The molecule has 0 aliphatic carbocycles. The number of carbonyl (C=O) groups excluding carboxylic acids is 1. The van der Waals surface area contributed by atoms with Gasteiger partial charge in [-0.2, -0.15) is 0 Å². The molecule has 53 heavy (non-hydrogen) atoms. The van der Waals surface area contributed by atoms with Crippen molar-refractivity contribution in [2.24, 2.45) is 0 Å². The smallest absolute Gasteiger partial charge is 0.408 e. The highest BCUT2D eigenvalue weighted by atomic mass is 16.4. The minimum absolute atomic E-state index is 0.0796. The number of nitrogens with zero attached hydrogens (tertiary/aromatic N) is 6. The highest BCUT2D eigenvalue weighted by molar-refractivity contribution is 5.84. The number of nitrogens with one attached hydrogen (secondary N) is 2. The number of aromatic amines is 2. The second-order valence-electron chi connectivity index (χ2n) is 14.1. The highest BCUT2D eigenvalue weighted by Crippen LogP contribution is 2.41. The van der Waals surface area contributed by atoms with Crippen molar-refractivity contribution in [3.63, 3.8) is 0 Å². The van der Waals surface area contributed by atoms with E-state index in [1.807, 2.05) is 115 Å². The van der Waals surface area contributed by atoms with Crippen molar-refractivity contribution in [2.75, 3.05) is 27.2 Å². The molecule has 3 aromatic carbocycles. The van der Waals surface area contributed by atoms with Crippen LogP contribution in [0.1, 0.15) is 60.5 Å². The SMILES string of the molecule is CN(C)[C@@H](C(=O)N1CCC[C@H]1c1nc(-c2ccc(-c3cnc(-c4c[nH]c([C@@]5(Cc6ccccc6)CCCN5C(=O)O)n4)o3)cc2)c[nH]1)c1ccccc1. The number of hydrogen-bond acceptors (Lipinski definition) is 7. The number of carboxylic acid groups (broad SMARTS) is 1. The normalized spacial score (nSPS) is 19.3. The summed E-state index contributed by atoms with van der Waals surface area (Å²) in [5.41, 5.74) is 4.29. The van der Waals surface area contributed by atoms with Gasteiger partial charge in [0.25, 0.3) is 0 Å². The molecule has 8 rings (SSSR count). The van der Waals surface area contributed by atoms with E-state index in [-0.39, 0.29) is 18.0 Å². The highest BCUT2D eigenvalue weighted by Gasteiger charge is 2.47. The molecule has 0 bridgehead atoms. The fourth-order valence-electron chi connectivity index (χ4n) is 8.03. The van der Waals surface area contributed by atoms with Crippen molar-refractivity contribution >= 4 is 12.0 Å². The van der Waals surface area contributed by atoms with Gasteiger partial charge >= 0.3 is 6.09 Å². The van der Waals surface area contributed by atoms with E-state index in [1.54, 1.807) is 12.4 Å². The van der Waals surface area contributed by atoms with Crippen LogP contribution in [-0.2, 0) is 16.8 Å². The second kappa shape index (κ2) is 14.2. The van der Waals surface area contributed by atoms with Crippen LogP contribution in [0.15, 0.2) is 108 Å². The van der Waals surface area contributed by atoms with Gasteiger partial charge in [-0.3, -0.25) is 14.6 Å². The monoisotopic (exact) mass is 710 g/mol. The minimum atomic E-state index is -0.961. The third-order valence-corrected chi connectivity index (χ3v) is 10.6. The van der Waals surface area contributed by atoms with Crippen molar-refractivity contribution in [3.8, 4) is 34.2 Å². The van der Waals surface area contributed by atoms with E-state index in [0.29, 0.717) is 49.1 Å². The van der Waals surface area contributed by atoms with Crippen LogP contribution in [0.3, 0.4) is 0 Å². The van der Waals surface area contributed by atoms with Gasteiger partial charge in [0.2, 0.25) is 11.8 Å². The Kier molecular flexibility index (Phi) is 9.13. The van der Waals surface area contributed by atoms with Gasteiger partial charge in [0, 0.05) is 43.0 Å². The van der Waals surface area contributed by atoms with Crippen molar-refractivity contribution in [1.82, 2.24) is 39.6 Å².